The fraction of sp³-hybridized carbons (Fsp3) is 0.839. The molecule has 0 saturated carbocycles. The van der Waals surface area contributed by atoms with Crippen LogP contribution in [0.3, 0.4) is 0 Å². The standard InChI is InChI=1S/C31H57NO6/c1-5-9-10-11-12-13-14-15-16-17-18-19-20-21-22-23-24-25-32(26(6-2)29(33)34,27(7-3)30(35)36)28(8-4)31(37)38/h15-16,26-28H,5-14,17-25H2,1-4H3,(H2-,33,34,35,36,37,38)/b16-15+. The summed E-state index contributed by atoms with van der Waals surface area (Å²) in [4.78, 5) is 36.6. The summed E-state index contributed by atoms with van der Waals surface area (Å²) in [7, 11) is 0. The van der Waals surface area contributed by atoms with Crippen LogP contribution in [0.25, 0.3) is 0 Å². The van der Waals surface area contributed by atoms with Gasteiger partial charge in [0, 0.05) is 19.3 Å². The van der Waals surface area contributed by atoms with Crippen molar-refractivity contribution in [3.8, 4) is 0 Å². The number of allylic oxidation sites excluding steroid dienone is 2. The minimum absolute atomic E-state index is 0.128. The molecule has 0 aromatic carbocycles. The summed E-state index contributed by atoms with van der Waals surface area (Å²) in [6.45, 7) is 7.50. The lowest BCUT2D eigenvalue weighted by Crippen LogP contribution is -2.73. The molecule has 222 valence electrons. The summed E-state index contributed by atoms with van der Waals surface area (Å²) in [6, 6.07) is -3.38. The SMILES string of the molecule is CCCCCCCC/C=C/CCCCCCCCC[N+](C(CC)C(=O)[O-])(C(CC)C(=O)O)C(CC)C(=O)O. The molecule has 0 saturated heterocycles. The van der Waals surface area contributed by atoms with Crippen molar-refractivity contribution in [2.75, 3.05) is 6.54 Å². The zero-order chi connectivity index (χ0) is 28.8. The molecular formula is C31H57NO6. The van der Waals surface area contributed by atoms with Crippen molar-refractivity contribution in [2.24, 2.45) is 0 Å². The summed E-state index contributed by atoms with van der Waals surface area (Å²) in [6.07, 6.45) is 22.4. The molecule has 7 nitrogen and oxygen atoms in total. The first-order valence-electron chi connectivity index (χ1n) is 15.4. The van der Waals surface area contributed by atoms with E-state index in [1.807, 2.05) is 0 Å². The van der Waals surface area contributed by atoms with E-state index in [1.165, 1.54) is 57.8 Å². The van der Waals surface area contributed by atoms with Crippen molar-refractivity contribution in [3.63, 3.8) is 0 Å². The fourth-order valence-corrected chi connectivity index (χ4v) is 6.07. The van der Waals surface area contributed by atoms with E-state index in [2.05, 4.69) is 19.1 Å². The van der Waals surface area contributed by atoms with Gasteiger partial charge in [0.25, 0.3) is 0 Å². The lowest BCUT2D eigenvalue weighted by molar-refractivity contribution is -0.974. The molecule has 0 bridgehead atoms. The zero-order valence-electron chi connectivity index (χ0n) is 24.8. The van der Waals surface area contributed by atoms with Crippen molar-refractivity contribution >= 4 is 17.9 Å². The zero-order valence-corrected chi connectivity index (χ0v) is 24.8. The molecule has 2 N–H and O–H groups in total. The summed E-state index contributed by atoms with van der Waals surface area (Å²) >= 11 is 0. The summed E-state index contributed by atoms with van der Waals surface area (Å²) in [5.74, 6) is -3.66. The second-order valence-corrected chi connectivity index (χ2v) is 10.8. The van der Waals surface area contributed by atoms with E-state index in [1.54, 1.807) is 20.8 Å². The lowest BCUT2D eigenvalue weighted by atomic mass is 9.93. The smallest absolute Gasteiger partial charge is 0.362 e. The number of hydrogen-bond donors (Lipinski definition) is 2. The van der Waals surface area contributed by atoms with Gasteiger partial charge < -0.3 is 20.1 Å². The number of nitrogens with zero attached hydrogens (tertiary/aromatic N) is 1. The van der Waals surface area contributed by atoms with Gasteiger partial charge in [0.1, 0.15) is 6.04 Å². The van der Waals surface area contributed by atoms with Gasteiger partial charge in [0.15, 0.2) is 12.1 Å². The van der Waals surface area contributed by atoms with E-state index in [4.69, 9.17) is 0 Å². The Morgan fingerprint density at radius 1 is 0.605 bits per heavy atom. The average molecular weight is 540 g/mol. The molecule has 7 heteroatoms. The molecule has 0 heterocycles. The minimum Gasteiger partial charge on any atom is -0.544 e. The van der Waals surface area contributed by atoms with Gasteiger partial charge in [0.2, 0.25) is 0 Å². The molecule has 3 unspecified atom stereocenters. The van der Waals surface area contributed by atoms with Crippen LogP contribution < -0.4 is 5.11 Å². The van der Waals surface area contributed by atoms with Gasteiger partial charge in [-0.1, -0.05) is 97.6 Å². The number of carboxylic acid groups (broad SMARTS) is 3. The van der Waals surface area contributed by atoms with Gasteiger partial charge in [0.05, 0.1) is 12.5 Å². The second-order valence-electron chi connectivity index (χ2n) is 10.8. The first kappa shape index (κ1) is 36.1. The van der Waals surface area contributed by atoms with E-state index >= 15 is 0 Å². The number of carbonyl (C=O) groups excluding carboxylic acids is 1. The summed E-state index contributed by atoms with van der Waals surface area (Å²) in [5, 5.41) is 32.1. The van der Waals surface area contributed by atoms with Crippen LogP contribution in [0.1, 0.15) is 143 Å². The van der Waals surface area contributed by atoms with Crippen molar-refractivity contribution < 1.29 is 34.2 Å². The fourth-order valence-electron chi connectivity index (χ4n) is 6.07. The van der Waals surface area contributed by atoms with Crippen LogP contribution in [-0.4, -0.2) is 57.3 Å². The van der Waals surface area contributed by atoms with Crippen LogP contribution in [0.4, 0.5) is 0 Å². The molecule has 0 aliphatic rings. The van der Waals surface area contributed by atoms with E-state index in [0.29, 0.717) is 6.42 Å². The van der Waals surface area contributed by atoms with Crippen LogP contribution in [0.2, 0.25) is 0 Å². The van der Waals surface area contributed by atoms with E-state index in [-0.39, 0.29) is 25.8 Å². The van der Waals surface area contributed by atoms with Crippen LogP contribution >= 0.6 is 0 Å². The van der Waals surface area contributed by atoms with Crippen LogP contribution in [0.15, 0.2) is 12.2 Å². The molecule has 0 spiro atoms. The molecule has 0 aromatic heterocycles. The minimum atomic E-state index is -1.37. The molecule has 0 fully saturated rings. The Morgan fingerprint density at radius 2 is 0.974 bits per heavy atom. The third-order valence-electron chi connectivity index (χ3n) is 8.05. The molecule has 0 amide bonds. The molecule has 0 aliphatic carbocycles. The highest BCUT2D eigenvalue weighted by Crippen LogP contribution is 2.32. The van der Waals surface area contributed by atoms with E-state index in [9.17, 15) is 29.7 Å². The lowest BCUT2D eigenvalue weighted by Gasteiger charge is -2.51. The Labute approximate surface area is 232 Å². The number of quaternary nitrogens is 1. The Bertz CT molecular complexity index is 622. The quantitative estimate of drug-likeness (QED) is 0.0738. The number of hydrogen-bond acceptors (Lipinski definition) is 4. The third-order valence-corrected chi connectivity index (χ3v) is 8.05. The normalized spacial score (nSPS) is 15.7. The molecule has 3 atom stereocenters. The maximum absolute atomic E-state index is 12.2. The first-order chi connectivity index (χ1) is 18.2. The number of unbranched alkanes of at least 4 members (excludes halogenated alkanes) is 13. The van der Waals surface area contributed by atoms with Gasteiger partial charge >= 0.3 is 11.9 Å². The monoisotopic (exact) mass is 539 g/mol. The van der Waals surface area contributed by atoms with Gasteiger partial charge in [-0.2, -0.15) is 0 Å². The van der Waals surface area contributed by atoms with E-state index in [0.717, 1.165) is 32.1 Å². The number of carbonyl (C=O) groups is 3. The Balaban J connectivity index is 4.69. The molecule has 0 aromatic rings. The van der Waals surface area contributed by atoms with Gasteiger partial charge in [-0.05, 0) is 38.5 Å². The Kier molecular flexibility index (Phi) is 20.9. The van der Waals surface area contributed by atoms with Crippen LogP contribution in [0.5, 0.6) is 0 Å². The third kappa shape index (κ3) is 12.8. The Morgan fingerprint density at radius 3 is 1.32 bits per heavy atom. The first-order valence-corrected chi connectivity index (χ1v) is 15.4. The van der Waals surface area contributed by atoms with Gasteiger partial charge in [-0.3, -0.25) is 4.48 Å². The number of rotatable bonds is 26. The topological polar surface area (TPSA) is 115 Å². The molecule has 0 radical (unpaired) electrons. The number of aliphatic carboxylic acids is 3. The predicted molar refractivity (Wildman–Crippen MR) is 152 cm³/mol. The highest BCUT2D eigenvalue weighted by molar-refractivity contribution is 5.77. The highest BCUT2D eigenvalue weighted by atomic mass is 16.4. The summed E-state index contributed by atoms with van der Waals surface area (Å²) in [5.41, 5.74) is 0. The maximum Gasteiger partial charge on any atom is 0.362 e. The van der Waals surface area contributed by atoms with Crippen molar-refractivity contribution in [1.29, 1.82) is 0 Å². The predicted octanol–water partition coefficient (Wildman–Crippen LogP) is 6.49. The molecule has 38 heavy (non-hydrogen) atoms. The van der Waals surface area contributed by atoms with Crippen molar-refractivity contribution in [2.45, 2.75) is 161 Å². The highest BCUT2D eigenvalue weighted by Gasteiger charge is 2.53. The Hall–Kier alpha value is -1.89. The van der Waals surface area contributed by atoms with Crippen molar-refractivity contribution in [1.82, 2.24) is 0 Å². The summed E-state index contributed by atoms with van der Waals surface area (Å²) < 4.78 is -0.471. The molecular weight excluding hydrogens is 482 g/mol. The van der Waals surface area contributed by atoms with Gasteiger partial charge in [-0.25, -0.2) is 9.59 Å². The van der Waals surface area contributed by atoms with Crippen LogP contribution in [0, 0.1) is 0 Å². The van der Waals surface area contributed by atoms with Crippen molar-refractivity contribution in [3.05, 3.63) is 12.2 Å². The second kappa shape index (κ2) is 22.0. The van der Waals surface area contributed by atoms with E-state index < -0.39 is 40.5 Å². The molecule has 0 rings (SSSR count). The average Bonchev–Trinajstić information content (AvgIpc) is 2.86. The van der Waals surface area contributed by atoms with Gasteiger partial charge in [-0.15, -0.1) is 0 Å². The largest absolute Gasteiger partial charge is 0.544 e. The van der Waals surface area contributed by atoms with Crippen LogP contribution in [-0.2, 0) is 14.4 Å². The molecule has 0 aliphatic heterocycles. The number of carboxylic acids is 3. The maximum atomic E-state index is 12.2.